The van der Waals surface area contributed by atoms with Gasteiger partial charge in [-0.1, -0.05) is 32.5 Å². The third-order valence-corrected chi connectivity index (χ3v) is 10.9. The number of fused-ring (bicyclic) bond motifs is 1. The van der Waals surface area contributed by atoms with Crippen molar-refractivity contribution in [3.05, 3.63) is 28.7 Å². The van der Waals surface area contributed by atoms with Crippen LogP contribution in [0.25, 0.3) is 11.0 Å². The van der Waals surface area contributed by atoms with Gasteiger partial charge in [0.05, 0.1) is 18.7 Å². The molecule has 0 spiro atoms. The zero-order chi connectivity index (χ0) is 25.2. The minimum Gasteiger partial charge on any atom is -0.444 e. The fourth-order valence-electron chi connectivity index (χ4n) is 3.11. The molecule has 1 atom stereocenters. The quantitative estimate of drug-likeness (QED) is 0.335. The van der Waals surface area contributed by atoms with Crippen LogP contribution in [0.4, 0.5) is 4.79 Å². The van der Waals surface area contributed by atoms with E-state index in [-0.39, 0.29) is 23.7 Å². The van der Waals surface area contributed by atoms with Crippen molar-refractivity contribution in [3.8, 4) is 0 Å². The van der Waals surface area contributed by atoms with Gasteiger partial charge in [0.1, 0.15) is 11.2 Å². The lowest BCUT2D eigenvalue weighted by molar-refractivity contribution is 0.0312. The van der Waals surface area contributed by atoms with Crippen LogP contribution in [0.15, 0.2) is 28.3 Å². The minimum atomic E-state index is -2.26. The Kier molecular flexibility index (Phi) is 8.08. The third-order valence-electron chi connectivity index (χ3n) is 5.69. The molecule has 1 N–H and O–H groups in total. The lowest BCUT2D eigenvalue weighted by Gasteiger charge is -2.44. The lowest BCUT2D eigenvalue weighted by Crippen LogP contribution is -2.56. The van der Waals surface area contributed by atoms with Crippen molar-refractivity contribution >= 4 is 37.2 Å². The first-order valence-corrected chi connectivity index (χ1v) is 15.2. The zero-order valence-corrected chi connectivity index (χ0v) is 23.3. The van der Waals surface area contributed by atoms with E-state index in [1.807, 2.05) is 34.0 Å². The largest absolute Gasteiger partial charge is 0.444 e. The van der Waals surface area contributed by atoms with Gasteiger partial charge >= 0.3 is 6.09 Å². The van der Waals surface area contributed by atoms with Crippen molar-refractivity contribution in [2.45, 2.75) is 89.5 Å². The summed E-state index contributed by atoms with van der Waals surface area (Å²) in [7, 11) is -2.26. The molecule has 184 valence electrons. The molecule has 0 radical (unpaired) electrons. The standard InChI is InChI=1S/C23H38N4O4SSi/c1-21(2,3)30-20(29)25-14-23(7,31-33(9,10)22(4,5)6)15-27-17(28)12-11-16-13-24-19(32-8)26-18(16)27/h11-13H,14-15H2,1-10H3,(H,25,29). The highest BCUT2D eigenvalue weighted by Crippen LogP contribution is 2.39. The Hall–Kier alpha value is -1.91. The number of rotatable bonds is 7. The maximum atomic E-state index is 12.9. The van der Waals surface area contributed by atoms with Gasteiger partial charge in [0, 0.05) is 17.6 Å². The zero-order valence-electron chi connectivity index (χ0n) is 21.5. The summed E-state index contributed by atoms with van der Waals surface area (Å²) in [5.74, 6) is 0. The van der Waals surface area contributed by atoms with Crippen LogP contribution in [0, 0.1) is 0 Å². The van der Waals surface area contributed by atoms with Crippen LogP contribution in [0.5, 0.6) is 0 Å². The highest BCUT2D eigenvalue weighted by Gasteiger charge is 2.43. The van der Waals surface area contributed by atoms with E-state index in [2.05, 4.69) is 49.1 Å². The number of amides is 1. The van der Waals surface area contributed by atoms with Crippen molar-refractivity contribution in [2.75, 3.05) is 12.8 Å². The Balaban J connectivity index is 2.49. The smallest absolute Gasteiger partial charge is 0.407 e. The van der Waals surface area contributed by atoms with Gasteiger partial charge in [0.25, 0.3) is 5.56 Å². The van der Waals surface area contributed by atoms with Gasteiger partial charge in [-0.15, -0.1) is 0 Å². The van der Waals surface area contributed by atoms with E-state index in [0.29, 0.717) is 10.8 Å². The number of carbonyl (C=O) groups is 1. The number of ether oxygens (including phenoxy) is 1. The Bertz CT molecular complexity index is 1060. The van der Waals surface area contributed by atoms with Crippen molar-refractivity contribution in [1.82, 2.24) is 19.9 Å². The molecule has 1 amide bonds. The van der Waals surface area contributed by atoms with Crippen LogP contribution in [-0.4, -0.2) is 52.9 Å². The Morgan fingerprint density at radius 3 is 2.33 bits per heavy atom. The molecule has 0 saturated carbocycles. The van der Waals surface area contributed by atoms with Gasteiger partial charge in [-0.2, -0.15) is 0 Å². The summed E-state index contributed by atoms with van der Waals surface area (Å²) in [6, 6.07) is 3.24. The van der Waals surface area contributed by atoms with Gasteiger partial charge in [-0.3, -0.25) is 9.36 Å². The highest BCUT2D eigenvalue weighted by molar-refractivity contribution is 7.98. The molecule has 10 heteroatoms. The first kappa shape index (κ1) is 27.3. The molecule has 2 aromatic heterocycles. The minimum absolute atomic E-state index is 0.0575. The second-order valence-corrected chi connectivity index (χ2v) is 16.6. The SMILES string of the molecule is CSc1ncc2ccc(=O)n(CC(C)(CNC(=O)OC(C)(C)C)O[Si](C)(C)C(C)(C)C)c2n1. The predicted octanol–water partition coefficient (Wildman–Crippen LogP) is 4.82. The number of aromatic nitrogens is 3. The summed E-state index contributed by atoms with van der Waals surface area (Å²) >= 11 is 1.41. The fraction of sp³-hybridized carbons (Fsp3) is 0.652. The summed E-state index contributed by atoms with van der Waals surface area (Å²) in [6.07, 6.45) is 3.08. The van der Waals surface area contributed by atoms with E-state index >= 15 is 0 Å². The molecule has 0 aliphatic rings. The van der Waals surface area contributed by atoms with Crippen LogP contribution in [0.1, 0.15) is 48.5 Å². The molecule has 0 saturated heterocycles. The first-order chi connectivity index (χ1) is 15.0. The molecular formula is C23H38N4O4SSi. The highest BCUT2D eigenvalue weighted by atomic mass is 32.2. The number of thioether (sulfide) groups is 1. The van der Waals surface area contributed by atoms with Gasteiger partial charge in [-0.05, 0) is 58.1 Å². The molecule has 0 aliphatic heterocycles. The molecule has 1 unspecified atom stereocenters. The number of carbonyl (C=O) groups excluding carboxylic acids is 1. The van der Waals surface area contributed by atoms with E-state index in [4.69, 9.17) is 9.16 Å². The number of nitrogens with zero attached hydrogens (tertiary/aromatic N) is 3. The molecule has 33 heavy (non-hydrogen) atoms. The molecule has 2 aromatic rings. The van der Waals surface area contributed by atoms with Crippen LogP contribution < -0.4 is 10.9 Å². The number of alkyl carbamates (subject to hydrolysis) is 1. The van der Waals surface area contributed by atoms with Crippen LogP contribution in [-0.2, 0) is 15.7 Å². The summed E-state index contributed by atoms with van der Waals surface area (Å²) < 4.78 is 13.8. The third kappa shape index (κ3) is 7.28. The van der Waals surface area contributed by atoms with E-state index in [1.165, 1.54) is 17.8 Å². The molecule has 0 fully saturated rings. The van der Waals surface area contributed by atoms with Crippen molar-refractivity contribution in [1.29, 1.82) is 0 Å². The average Bonchev–Trinajstić information content (AvgIpc) is 2.66. The molecule has 8 nitrogen and oxygen atoms in total. The predicted molar refractivity (Wildman–Crippen MR) is 137 cm³/mol. The molecule has 0 aliphatic carbocycles. The topological polar surface area (TPSA) is 95.3 Å². The summed E-state index contributed by atoms with van der Waals surface area (Å²) in [5, 5.41) is 4.14. The van der Waals surface area contributed by atoms with Gasteiger partial charge in [0.2, 0.25) is 0 Å². The van der Waals surface area contributed by atoms with Gasteiger partial charge in [-0.25, -0.2) is 14.8 Å². The fourth-order valence-corrected chi connectivity index (χ4v) is 5.12. The van der Waals surface area contributed by atoms with E-state index in [0.717, 1.165) is 5.39 Å². The maximum Gasteiger partial charge on any atom is 0.407 e. The Morgan fingerprint density at radius 2 is 1.79 bits per heavy atom. The Labute approximate surface area is 202 Å². The van der Waals surface area contributed by atoms with Gasteiger partial charge < -0.3 is 14.5 Å². The van der Waals surface area contributed by atoms with Crippen molar-refractivity contribution in [2.24, 2.45) is 0 Å². The second kappa shape index (κ2) is 9.75. The number of hydrogen-bond donors (Lipinski definition) is 1. The number of nitrogens with one attached hydrogen (secondary N) is 1. The molecule has 2 rings (SSSR count). The average molecular weight is 495 g/mol. The van der Waals surface area contributed by atoms with Crippen LogP contribution in [0.3, 0.4) is 0 Å². The van der Waals surface area contributed by atoms with Crippen LogP contribution in [0.2, 0.25) is 18.1 Å². The summed E-state index contributed by atoms with van der Waals surface area (Å²) in [6.45, 7) is 18.5. The van der Waals surface area contributed by atoms with Crippen molar-refractivity contribution < 1.29 is 14.0 Å². The van der Waals surface area contributed by atoms with E-state index < -0.39 is 25.6 Å². The van der Waals surface area contributed by atoms with Crippen LogP contribution >= 0.6 is 11.8 Å². The van der Waals surface area contributed by atoms with Gasteiger partial charge in [0.15, 0.2) is 13.5 Å². The van der Waals surface area contributed by atoms with E-state index in [1.54, 1.807) is 16.8 Å². The normalized spacial score (nSPS) is 14.7. The molecule has 0 bridgehead atoms. The summed E-state index contributed by atoms with van der Waals surface area (Å²) in [4.78, 5) is 34.3. The van der Waals surface area contributed by atoms with E-state index in [9.17, 15) is 9.59 Å². The molecule has 2 heterocycles. The van der Waals surface area contributed by atoms with Crippen molar-refractivity contribution in [3.63, 3.8) is 0 Å². The number of hydrogen-bond acceptors (Lipinski definition) is 7. The Morgan fingerprint density at radius 1 is 1.15 bits per heavy atom. The summed E-state index contributed by atoms with van der Waals surface area (Å²) in [5.41, 5.74) is -1.12. The number of pyridine rings is 1. The second-order valence-electron chi connectivity index (χ2n) is 11.1. The molecular weight excluding hydrogens is 456 g/mol. The maximum absolute atomic E-state index is 12.9. The first-order valence-electron chi connectivity index (χ1n) is 11.0. The lowest BCUT2D eigenvalue weighted by atomic mass is 10.1. The monoisotopic (exact) mass is 494 g/mol. The molecule has 0 aromatic carbocycles.